The number of benzene rings is 2. The molecular weight excluding hydrogens is 276 g/mol. The SMILES string of the molecule is CO/C(=C(/C(C)=O)c1ccc(C=O)cc1C)c1ccccc1. The molecule has 0 aliphatic carbocycles. The van der Waals surface area contributed by atoms with Gasteiger partial charge in [0.05, 0.1) is 12.7 Å². The molecule has 0 amide bonds. The molecule has 2 rings (SSSR count). The van der Waals surface area contributed by atoms with Crippen LogP contribution in [-0.4, -0.2) is 19.2 Å². The van der Waals surface area contributed by atoms with Gasteiger partial charge in [0.2, 0.25) is 0 Å². The van der Waals surface area contributed by atoms with Crippen LogP contribution in [-0.2, 0) is 9.53 Å². The first kappa shape index (κ1) is 15.7. The van der Waals surface area contributed by atoms with E-state index >= 15 is 0 Å². The molecule has 2 aromatic carbocycles. The summed E-state index contributed by atoms with van der Waals surface area (Å²) in [6, 6.07) is 14.8. The van der Waals surface area contributed by atoms with Crippen molar-refractivity contribution in [1.29, 1.82) is 0 Å². The average molecular weight is 294 g/mol. The van der Waals surface area contributed by atoms with Crippen LogP contribution in [0.5, 0.6) is 0 Å². The molecule has 0 aliphatic rings. The van der Waals surface area contributed by atoms with Crippen molar-refractivity contribution in [2.45, 2.75) is 13.8 Å². The van der Waals surface area contributed by atoms with Crippen molar-refractivity contribution in [3.63, 3.8) is 0 Å². The van der Waals surface area contributed by atoms with Gasteiger partial charge in [-0.25, -0.2) is 0 Å². The van der Waals surface area contributed by atoms with Crippen LogP contribution in [0.15, 0.2) is 48.5 Å². The molecule has 0 spiro atoms. The Morgan fingerprint density at radius 2 is 1.77 bits per heavy atom. The van der Waals surface area contributed by atoms with E-state index in [9.17, 15) is 9.59 Å². The number of methoxy groups -OCH3 is 1. The Bertz CT molecular complexity index is 728. The first-order valence-corrected chi connectivity index (χ1v) is 6.99. The Labute approximate surface area is 130 Å². The predicted molar refractivity (Wildman–Crippen MR) is 87.5 cm³/mol. The van der Waals surface area contributed by atoms with E-state index in [-0.39, 0.29) is 5.78 Å². The average Bonchev–Trinajstić information content (AvgIpc) is 2.53. The second-order valence-electron chi connectivity index (χ2n) is 5.02. The fraction of sp³-hybridized carbons (Fsp3) is 0.158. The molecule has 0 atom stereocenters. The minimum Gasteiger partial charge on any atom is -0.495 e. The summed E-state index contributed by atoms with van der Waals surface area (Å²) in [4.78, 5) is 23.1. The lowest BCUT2D eigenvalue weighted by Gasteiger charge is -2.15. The molecule has 0 heterocycles. The van der Waals surface area contributed by atoms with Gasteiger partial charge in [0, 0.05) is 11.1 Å². The van der Waals surface area contributed by atoms with E-state index in [1.165, 1.54) is 6.92 Å². The summed E-state index contributed by atoms with van der Waals surface area (Å²) in [5.74, 6) is 0.456. The molecule has 3 heteroatoms. The number of carbonyl (C=O) groups is 2. The molecule has 0 radical (unpaired) electrons. The topological polar surface area (TPSA) is 43.4 Å². The van der Waals surface area contributed by atoms with Crippen LogP contribution in [0.25, 0.3) is 11.3 Å². The van der Waals surface area contributed by atoms with Crippen molar-refractivity contribution >= 4 is 23.4 Å². The van der Waals surface area contributed by atoms with Crippen LogP contribution in [0, 0.1) is 6.92 Å². The number of allylic oxidation sites excluding steroid dienone is 1. The normalized spacial score (nSPS) is 11.6. The Morgan fingerprint density at radius 1 is 1.09 bits per heavy atom. The fourth-order valence-corrected chi connectivity index (χ4v) is 2.47. The number of ether oxygens (including phenoxy) is 1. The molecular formula is C19H18O3. The van der Waals surface area contributed by atoms with E-state index in [2.05, 4.69) is 0 Å². The highest BCUT2D eigenvalue weighted by Crippen LogP contribution is 2.30. The third-order valence-electron chi connectivity index (χ3n) is 3.48. The van der Waals surface area contributed by atoms with Crippen LogP contribution in [0.1, 0.15) is 34.0 Å². The van der Waals surface area contributed by atoms with Crippen molar-refractivity contribution in [3.05, 3.63) is 70.8 Å². The Morgan fingerprint density at radius 3 is 2.27 bits per heavy atom. The van der Waals surface area contributed by atoms with Crippen LogP contribution in [0.4, 0.5) is 0 Å². The third-order valence-corrected chi connectivity index (χ3v) is 3.48. The smallest absolute Gasteiger partial charge is 0.164 e. The number of hydrogen-bond acceptors (Lipinski definition) is 3. The minimum absolute atomic E-state index is 0.0809. The van der Waals surface area contributed by atoms with Gasteiger partial charge in [0.15, 0.2) is 5.78 Å². The molecule has 0 aliphatic heterocycles. The lowest BCUT2D eigenvalue weighted by Crippen LogP contribution is -2.04. The molecule has 0 N–H and O–H groups in total. The van der Waals surface area contributed by atoms with E-state index in [0.29, 0.717) is 16.9 Å². The van der Waals surface area contributed by atoms with E-state index < -0.39 is 0 Å². The minimum atomic E-state index is -0.0809. The number of hydrogen-bond donors (Lipinski definition) is 0. The van der Waals surface area contributed by atoms with E-state index in [1.54, 1.807) is 25.3 Å². The molecule has 2 aromatic rings. The van der Waals surface area contributed by atoms with E-state index in [4.69, 9.17) is 4.74 Å². The summed E-state index contributed by atoms with van der Waals surface area (Å²) in [6.45, 7) is 3.40. The summed E-state index contributed by atoms with van der Waals surface area (Å²) in [7, 11) is 1.56. The van der Waals surface area contributed by atoms with Crippen molar-refractivity contribution in [1.82, 2.24) is 0 Å². The van der Waals surface area contributed by atoms with Gasteiger partial charge in [0.25, 0.3) is 0 Å². The Hall–Kier alpha value is -2.68. The van der Waals surface area contributed by atoms with Gasteiger partial charge in [0.1, 0.15) is 12.0 Å². The lowest BCUT2D eigenvalue weighted by atomic mass is 9.93. The largest absolute Gasteiger partial charge is 0.495 e. The lowest BCUT2D eigenvalue weighted by molar-refractivity contribution is -0.111. The molecule has 0 saturated heterocycles. The van der Waals surface area contributed by atoms with Crippen molar-refractivity contribution < 1.29 is 14.3 Å². The summed E-state index contributed by atoms with van der Waals surface area (Å²) in [6.07, 6.45) is 0.794. The molecule has 0 fully saturated rings. The second-order valence-corrected chi connectivity index (χ2v) is 5.02. The summed E-state index contributed by atoms with van der Waals surface area (Å²) in [5, 5.41) is 0. The van der Waals surface area contributed by atoms with E-state index in [1.807, 2.05) is 37.3 Å². The highest BCUT2D eigenvalue weighted by atomic mass is 16.5. The standard InChI is InChI=1S/C19H18O3/c1-13-11-15(12-20)9-10-17(13)18(14(2)21)19(22-3)16-7-5-4-6-8-16/h4-12H,1-3H3/b19-18-. The van der Waals surface area contributed by atoms with Gasteiger partial charge in [-0.15, -0.1) is 0 Å². The second kappa shape index (κ2) is 6.85. The quantitative estimate of drug-likeness (QED) is 0.363. The van der Waals surface area contributed by atoms with Gasteiger partial charge in [-0.1, -0.05) is 42.5 Å². The first-order chi connectivity index (χ1) is 10.6. The molecule has 0 aromatic heterocycles. The zero-order valence-electron chi connectivity index (χ0n) is 12.9. The third kappa shape index (κ3) is 3.14. The number of Topliss-reactive ketones (excluding diaryl/α,β-unsaturated/α-hetero) is 1. The fourth-order valence-electron chi connectivity index (χ4n) is 2.47. The zero-order valence-corrected chi connectivity index (χ0v) is 12.9. The predicted octanol–water partition coefficient (Wildman–Crippen LogP) is 3.91. The van der Waals surface area contributed by atoms with Gasteiger partial charge in [-0.3, -0.25) is 9.59 Å². The van der Waals surface area contributed by atoms with Gasteiger partial charge >= 0.3 is 0 Å². The van der Waals surface area contributed by atoms with Crippen LogP contribution < -0.4 is 0 Å². The Kier molecular flexibility index (Phi) is 4.89. The monoisotopic (exact) mass is 294 g/mol. The van der Waals surface area contributed by atoms with Crippen molar-refractivity contribution in [2.75, 3.05) is 7.11 Å². The molecule has 0 unspecified atom stereocenters. The molecule has 112 valence electrons. The molecule has 0 saturated carbocycles. The maximum atomic E-state index is 12.2. The van der Waals surface area contributed by atoms with Crippen molar-refractivity contribution in [3.8, 4) is 0 Å². The van der Waals surface area contributed by atoms with Crippen molar-refractivity contribution in [2.24, 2.45) is 0 Å². The van der Waals surface area contributed by atoms with E-state index in [0.717, 1.165) is 23.0 Å². The maximum absolute atomic E-state index is 12.2. The number of carbonyl (C=O) groups excluding carboxylic acids is 2. The maximum Gasteiger partial charge on any atom is 0.164 e. The summed E-state index contributed by atoms with van der Waals surface area (Å²) in [5.41, 5.74) is 3.58. The molecule has 22 heavy (non-hydrogen) atoms. The Balaban J connectivity index is 2.70. The molecule has 3 nitrogen and oxygen atoms in total. The highest BCUT2D eigenvalue weighted by molar-refractivity contribution is 6.26. The van der Waals surface area contributed by atoms with Crippen LogP contribution >= 0.6 is 0 Å². The number of ketones is 1. The highest BCUT2D eigenvalue weighted by Gasteiger charge is 2.18. The van der Waals surface area contributed by atoms with Gasteiger partial charge in [-0.05, 0) is 31.0 Å². The zero-order chi connectivity index (χ0) is 16.1. The van der Waals surface area contributed by atoms with Gasteiger partial charge < -0.3 is 4.74 Å². The number of rotatable bonds is 5. The van der Waals surface area contributed by atoms with Crippen LogP contribution in [0.2, 0.25) is 0 Å². The molecule has 0 bridgehead atoms. The van der Waals surface area contributed by atoms with Crippen LogP contribution in [0.3, 0.4) is 0 Å². The summed E-state index contributed by atoms with van der Waals surface area (Å²) >= 11 is 0. The first-order valence-electron chi connectivity index (χ1n) is 6.99. The number of aldehydes is 1. The number of aryl methyl sites for hydroxylation is 1. The summed E-state index contributed by atoms with van der Waals surface area (Å²) < 4.78 is 5.52. The van der Waals surface area contributed by atoms with Gasteiger partial charge in [-0.2, -0.15) is 0 Å².